The zero-order valence-electron chi connectivity index (χ0n) is 11.3. The summed E-state index contributed by atoms with van der Waals surface area (Å²) in [6.07, 6.45) is 6.71. The molecule has 1 heterocycles. The third-order valence-corrected chi connectivity index (χ3v) is 4.34. The first-order valence-electron chi connectivity index (χ1n) is 7.30. The fraction of sp³-hybridized carbons (Fsp3) is 0.625. The van der Waals surface area contributed by atoms with Gasteiger partial charge < -0.3 is 14.6 Å². The smallest absolute Gasteiger partial charge is 0.119 e. The van der Waals surface area contributed by atoms with Crippen LogP contribution in [-0.2, 0) is 11.2 Å². The number of benzene rings is 1. The molecule has 1 aromatic rings. The second-order valence-corrected chi connectivity index (χ2v) is 5.74. The zero-order chi connectivity index (χ0) is 13.1. The van der Waals surface area contributed by atoms with Crippen molar-refractivity contribution in [1.82, 2.24) is 0 Å². The molecule has 1 aliphatic carbocycles. The maximum absolute atomic E-state index is 8.90. The molecule has 2 fully saturated rings. The van der Waals surface area contributed by atoms with Crippen molar-refractivity contribution in [3.8, 4) is 5.75 Å². The van der Waals surface area contributed by atoms with Crippen LogP contribution in [0.4, 0.5) is 0 Å². The molecule has 2 aliphatic rings. The van der Waals surface area contributed by atoms with Crippen molar-refractivity contribution in [1.29, 1.82) is 0 Å². The highest BCUT2D eigenvalue weighted by Gasteiger charge is 2.43. The van der Waals surface area contributed by atoms with Gasteiger partial charge in [-0.1, -0.05) is 12.1 Å². The summed E-state index contributed by atoms with van der Waals surface area (Å²) in [6, 6.07) is 8.08. The predicted molar refractivity (Wildman–Crippen MR) is 73.4 cm³/mol. The van der Waals surface area contributed by atoms with E-state index < -0.39 is 0 Å². The first kappa shape index (κ1) is 12.9. The largest absolute Gasteiger partial charge is 0.490 e. The van der Waals surface area contributed by atoms with Gasteiger partial charge in [-0.25, -0.2) is 0 Å². The molecule has 0 radical (unpaired) electrons. The van der Waals surface area contributed by atoms with Crippen molar-refractivity contribution in [2.24, 2.45) is 0 Å². The van der Waals surface area contributed by atoms with Crippen molar-refractivity contribution < 1.29 is 14.6 Å². The monoisotopic (exact) mass is 262 g/mol. The van der Waals surface area contributed by atoms with E-state index in [1.807, 2.05) is 24.3 Å². The van der Waals surface area contributed by atoms with Crippen LogP contribution in [0.1, 0.15) is 37.7 Å². The van der Waals surface area contributed by atoms with E-state index in [4.69, 9.17) is 14.6 Å². The van der Waals surface area contributed by atoms with Crippen LogP contribution in [-0.4, -0.2) is 30.0 Å². The Balaban J connectivity index is 1.58. The molecular formula is C16H22O3. The van der Waals surface area contributed by atoms with Crippen molar-refractivity contribution in [2.75, 3.05) is 13.2 Å². The number of ether oxygens (including phenoxy) is 2. The van der Waals surface area contributed by atoms with Crippen LogP contribution in [0.5, 0.6) is 5.75 Å². The van der Waals surface area contributed by atoms with Gasteiger partial charge in [-0.15, -0.1) is 0 Å². The Morgan fingerprint density at radius 3 is 2.68 bits per heavy atom. The summed E-state index contributed by atoms with van der Waals surface area (Å²) >= 11 is 0. The lowest BCUT2D eigenvalue weighted by molar-refractivity contribution is -0.153. The third kappa shape index (κ3) is 2.93. The molecule has 0 amide bonds. The van der Waals surface area contributed by atoms with Crippen molar-refractivity contribution >= 4 is 0 Å². The van der Waals surface area contributed by atoms with E-state index in [-0.39, 0.29) is 18.3 Å². The molecule has 19 heavy (non-hydrogen) atoms. The fourth-order valence-electron chi connectivity index (χ4n) is 3.06. The van der Waals surface area contributed by atoms with Gasteiger partial charge in [0.1, 0.15) is 11.9 Å². The second kappa shape index (κ2) is 5.51. The quantitative estimate of drug-likeness (QED) is 0.906. The molecule has 1 aromatic carbocycles. The molecule has 1 unspecified atom stereocenters. The molecule has 1 N–H and O–H groups in total. The summed E-state index contributed by atoms with van der Waals surface area (Å²) in [5, 5.41) is 8.90. The molecular weight excluding hydrogens is 240 g/mol. The van der Waals surface area contributed by atoms with Gasteiger partial charge in [0.05, 0.1) is 12.2 Å². The van der Waals surface area contributed by atoms with E-state index in [1.165, 1.54) is 19.3 Å². The maximum atomic E-state index is 8.90. The van der Waals surface area contributed by atoms with E-state index in [0.29, 0.717) is 6.42 Å². The summed E-state index contributed by atoms with van der Waals surface area (Å²) < 4.78 is 12.0. The van der Waals surface area contributed by atoms with Crippen LogP contribution >= 0.6 is 0 Å². The number of rotatable bonds is 4. The van der Waals surface area contributed by atoms with Gasteiger partial charge in [0.15, 0.2) is 0 Å². The van der Waals surface area contributed by atoms with Crippen molar-refractivity contribution in [3.05, 3.63) is 29.8 Å². The second-order valence-electron chi connectivity index (χ2n) is 5.74. The van der Waals surface area contributed by atoms with E-state index in [2.05, 4.69) is 0 Å². The van der Waals surface area contributed by atoms with Gasteiger partial charge in [0.25, 0.3) is 0 Å². The van der Waals surface area contributed by atoms with Gasteiger partial charge in [-0.05, 0) is 43.4 Å². The molecule has 3 nitrogen and oxygen atoms in total. The Hall–Kier alpha value is -1.06. The lowest BCUT2D eigenvalue weighted by atomic mass is 9.74. The minimum absolute atomic E-state index is 0.139. The summed E-state index contributed by atoms with van der Waals surface area (Å²) in [5.74, 6) is 0.933. The first-order chi connectivity index (χ1) is 9.30. The minimum atomic E-state index is 0.139. The lowest BCUT2D eigenvalue weighted by Crippen LogP contribution is -2.48. The minimum Gasteiger partial charge on any atom is -0.490 e. The Bertz CT molecular complexity index is 409. The average Bonchev–Trinajstić information content (AvgIpc) is 2.40. The molecule has 1 spiro atoms. The lowest BCUT2D eigenvalue weighted by Gasteiger charge is -2.46. The van der Waals surface area contributed by atoms with Gasteiger partial charge >= 0.3 is 0 Å². The van der Waals surface area contributed by atoms with Crippen LogP contribution in [0.3, 0.4) is 0 Å². The van der Waals surface area contributed by atoms with Gasteiger partial charge in [0, 0.05) is 19.4 Å². The normalized spacial score (nSPS) is 25.0. The molecule has 1 saturated heterocycles. The van der Waals surface area contributed by atoms with Crippen LogP contribution in [0, 0.1) is 0 Å². The number of aliphatic hydroxyl groups excluding tert-OH is 1. The average molecular weight is 262 g/mol. The fourth-order valence-corrected chi connectivity index (χ4v) is 3.06. The summed E-state index contributed by atoms with van der Waals surface area (Å²) in [7, 11) is 0. The van der Waals surface area contributed by atoms with Gasteiger partial charge in [-0.2, -0.15) is 0 Å². The Morgan fingerprint density at radius 1 is 1.26 bits per heavy atom. The molecule has 1 atom stereocenters. The molecule has 1 saturated carbocycles. The Kier molecular flexibility index (Phi) is 3.76. The summed E-state index contributed by atoms with van der Waals surface area (Å²) in [5.41, 5.74) is 1.29. The van der Waals surface area contributed by atoms with Crippen LogP contribution in [0.2, 0.25) is 0 Å². The molecule has 104 valence electrons. The third-order valence-electron chi connectivity index (χ3n) is 4.34. The van der Waals surface area contributed by atoms with Crippen LogP contribution in [0.25, 0.3) is 0 Å². The van der Waals surface area contributed by atoms with Crippen LogP contribution < -0.4 is 4.74 Å². The topological polar surface area (TPSA) is 38.7 Å². The highest BCUT2D eigenvalue weighted by atomic mass is 16.5. The van der Waals surface area contributed by atoms with Gasteiger partial charge in [0.2, 0.25) is 0 Å². The molecule has 0 bridgehead atoms. The van der Waals surface area contributed by atoms with Gasteiger partial charge in [-0.3, -0.25) is 0 Å². The predicted octanol–water partition coefficient (Wildman–Crippen LogP) is 2.70. The standard InChI is InChI=1S/C16H22O3/c17-10-6-13-2-4-14(5-3-13)19-15-7-11-18-16(12-15)8-1-9-16/h2-5,15,17H,1,6-12H2. The number of hydrogen-bond acceptors (Lipinski definition) is 3. The van der Waals surface area contributed by atoms with E-state index in [9.17, 15) is 0 Å². The highest BCUT2D eigenvalue weighted by molar-refractivity contribution is 5.27. The van der Waals surface area contributed by atoms with E-state index >= 15 is 0 Å². The molecule has 3 heteroatoms. The van der Waals surface area contributed by atoms with E-state index in [1.54, 1.807) is 0 Å². The van der Waals surface area contributed by atoms with Crippen molar-refractivity contribution in [3.63, 3.8) is 0 Å². The Labute approximate surface area is 114 Å². The first-order valence-corrected chi connectivity index (χ1v) is 7.30. The highest BCUT2D eigenvalue weighted by Crippen LogP contribution is 2.43. The zero-order valence-corrected chi connectivity index (χ0v) is 11.3. The molecule has 3 rings (SSSR count). The Morgan fingerprint density at radius 2 is 2.05 bits per heavy atom. The summed E-state index contributed by atoms with van der Waals surface area (Å²) in [4.78, 5) is 0. The van der Waals surface area contributed by atoms with Crippen molar-refractivity contribution in [2.45, 2.75) is 50.2 Å². The summed E-state index contributed by atoms with van der Waals surface area (Å²) in [6.45, 7) is 1.02. The maximum Gasteiger partial charge on any atom is 0.119 e. The van der Waals surface area contributed by atoms with E-state index in [0.717, 1.165) is 30.8 Å². The number of hydrogen-bond donors (Lipinski definition) is 1. The molecule has 1 aliphatic heterocycles. The molecule has 0 aromatic heterocycles. The van der Waals surface area contributed by atoms with Crippen LogP contribution in [0.15, 0.2) is 24.3 Å². The number of aliphatic hydroxyl groups is 1. The SMILES string of the molecule is OCCc1ccc(OC2CCOC3(CCC3)C2)cc1.